The number of carbonyl (C=O) groups excluding carboxylic acids is 1. The van der Waals surface area contributed by atoms with E-state index in [9.17, 15) is 18.0 Å². The zero-order chi connectivity index (χ0) is 13.9. The molecule has 6 nitrogen and oxygen atoms in total. The Labute approximate surface area is 101 Å². The van der Waals surface area contributed by atoms with E-state index in [1.807, 2.05) is 0 Å². The standard InChI is InChI=1S/C10H19NO5S/c1-7(2)17(15,16)5-8(12)11-6-10(3,4)9(13)14/h7H,5-6H2,1-4H3,(H,11,12)(H,13,14). The molecule has 0 aromatic heterocycles. The van der Waals surface area contributed by atoms with Gasteiger partial charge >= 0.3 is 5.97 Å². The largest absolute Gasteiger partial charge is 0.481 e. The van der Waals surface area contributed by atoms with Crippen LogP contribution in [0.1, 0.15) is 27.7 Å². The molecule has 0 aromatic carbocycles. The summed E-state index contributed by atoms with van der Waals surface area (Å²) in [6, 6.07) is 0. The zero-order valence-electron chi connectivity index (χ0n) is 10.5. The van der Waals surface area contributed by atoms with Crippen LogP contribution in [0.2, 0.25) is 0 Å². The van der Waals surface area contributed by atoms with E-state index in [-0.39, 0.29) is 6.54 Å². The minimum absolute atomic E-state index is 0.102. The maximum absolute atomic E-state index is 11.4. The van der Waals surface area contributed by atoms with Crippen molar-refractivity contribution in [3.8, 4) is 0 Å². The van der Waals surface area contributed by atoms with Gasteiger partial charge in [0.25, 0.3) is 0 Å². The van der Waals surface area contributed by atoms with Crippen molar-refractivity contribution in [1.29, 1.82) is 0 Å². The molecule has 0 rings (SSSR count). The fourth-order valence-corrected chi connectivity index (χ4v) is 1.60. The monoisotopic (exact) mass is 265 g/mol. The number of aliphatic carboxylic acids is 1. The molecule has 0 aromatic rings. The van der Waals surface area contributed by atoms with Gasteiger partial charge in [-0.25, -0.2) is 8.42 Å². The molecule has 0 unspecified atom stereocenters. The van der Waals surface area contributed by atoms with Crippen molar-refractivity contribution in [3.05, 3.63) is 0 Å². The van der Waals surface area contributed by atoms with Crippen LogP contribution in [0, 0.1) is 5.41 Å². The highest BCUT2D eigenvalue weighted by Crippen LogP contribution is 2.13. The quantitative estimate of drug-likeness (QED) is 0.706. The van der Waals surface area contributed by atoms with Crippen LogP contribution < -0.4 is 5.32 Å². The van der Waals surface area contributed by atoms with E-state index in [0.29, 0.717) is 0 Å². The summed E-state index contributed by atoms with van der Waals surface area (Å²) in [5.41, 5.74) is -1.11. The molecule has 0 spiro atoms. The van der Waals surface area contributed by atoms with Crippen molar-refractivity contribution in [2.24, 2.45) is 5.41 Å². The predicted octanol–water partition coefficient (Wildman–Crippen LogP) is 0.0366. The first-order valence-corrected chi connectivity index (χ1v) is 6.92. The second kappa shape index (κ2) is 5.48. The molecule has 0 atom stereocenters. The molecular weight excluding hydrogens is 246 g/mol. The first kappa shape index (κ1) is 15.9. The van der Waals surface area contributed by atoms with Crippen LogP contribution in [0.5, 0.6) is 0 Å². The van der Waals surface area contributed by atoms with Crippen LogP contribution in [0.3, 0.4) is 0 Å². The number of hydrogen-bond donors (Lipinski definition) is 2. The molecule has 0 bridgehead atoms. The number of amides is 1. The third kappa shape index (κ3) is 5.16. The Kier molecular flexibility index (Phi) is 5.12. The van der Waals surface area contributed by atoms with Crippen molar-refractivity contribution >= 4 is 21.7 Å². The summed E-state index contributed by atoms with van der Waals surface area (Å²) in [6.07, 6.45) is 0. The molecular formula is C10H19NO5S. The van der Waals surface area contributed by atoms with E-state index in [1.165, 1.54) is 27.7 Å². The second-order valence-corrected chi connectivity index (χ2v) is 7.38. The van der Waals surface area contributed by atoms with Gasteiger partial charge in [0.2, 0.25) is 5.91 Å². The Hall–Kier alpha value is -1.11. The van der Waals surface area contributed by atoms with Gasteiger partial charge in [-0.3, -0.25) is 9.59 Å². The minimum atomic E-state index is -3.44. The third-order valence-corrected chi connectivity index (χ3v) is 4.46. The van der Waals surface area contributed by atoms with Gasteiger partial charge in [-0.1, -0.05) is 0 Å². The summed E-state index contributed by atoms with van der Waals surface area (Å²) in [4.78, 5) is 22.1. The van der Waals surface area contributed by atoms with Gasteiger partial charge in [-0.15, -0.1) is 0 Å². The van der Waals surface area contributed by atoms with Crippen LogP contribution >= 0.6 is 0 Å². The molecule has 0 fully saturated rings. The van der Waals surface area contributed by atoms with Crippen LogP contribution in [0.4, 0.5) is 0 Å². The molecule has 0 radical (unpaired) electrons. The molecule has 100 valence electrons. The molecule has 1 amide bonds. The summed E-state index contributed by atoms with van der Waals surface area (Å²) in [7, 11) is -3.44. The average molecular weight is 265 g/mol. The van der Waals surface area contributed by atoms with Gasteiger partial charge in [0.1, 0.15) is 5.75 Å². The molecule has 0 saturated carbocycles. The number of carboxylic acids is 1. The molecule has 0 heterocycles. The Morgan fingerprint density at radius 2 is 1.76 bits per heavy atom. The van der Waals surface area contributed by atoms with E-state index in [4.69, 9.17) is 5.11 Å². The van der Waals surface area contributed by atoms with Gasteiger partial charge < -0.3 is 10.4 Å². The first-order valence-electron chi connectivity index (χ1n) is 5.20. The van der Waals surface area contributed by atoms with Crippen LogP contribution in [-0.4, -0.2) is 42.9 Å². The minimum Gasteiger partial charge on any atom is -0.481 e. The van der Waals surface area contributed by atoms with Crippen LogP contribution in [0.15, 0.2) is 0 Å². The van der Waals surface area contributed by atoms with Crippen molar-refractivity contribution in [1.82, 2.24) is 5.32 Å². The molecule has 0 saturated heterocycles. The van der Waals surface area contributed by atoms with E-state index in [0.717, 1.165) is 0 Å². The third-order valence-electron chi connectivity index (χ3n) is 2.36. The van der Waals surface area contributed by atoms with Gasteiger partial charge in [0.05, 0.1) is 10.7 Å². The molecule has 17 heavy (non-hydrogen) atoms. The van der Waals surface area contributed by atoms with Crippen molar-refractivity contribution < 1.29 is 23.1 Å². The maximum atomic E-state index is 11.4. The SMILES string of the molecule is CC(C)S(=O)(=O)CC(=O)NCC(C)(C)C(=O)O. The molecule has 0 aliphatic carbocycles. The highest BCUT2D eigenvalue weighted by atomic mass is 32.2. The summed E-state index contributed by atoms with van der Waals surface area (Å²) in [5.74, 6) is -2.34. The molecule has 0 aliphatic rings. The van der Waals surface area contributed by atoms with E-state index in [2.05, 4.69) is 5.32 Å². The number of hydrogen-bond acceptors (Lipinski definition) is 4. The number of rotatable bonds is 6. The van der Waals surface area contributed by atoms with E-state index in [1.54, 1.807) is 0 Å². The number of sulfone groups is 1. The smallest absolute Gasteiger partial charge is 0.310 e. The Bertz CT molecular complexity index is 397. The fourth-order valence-electron chi connectivity index (χ4n) is 0.796. The predicted molar refractivity (Wildman–Crippen MR) is 63.3 cm³/mol. The topological polar surface area (TPSA) is 101 Å². The Morgan fingerprint density at radius 1 is 1.29 bits per heavy atom. The first-order chi connectivity index (χ1) is 7.49. The lowest BCUT2D eigenvalue weighted by molar-refractivity contribution is -0.146. The molecule has 0 aliphatic heterocycles. The van der Waals surface area contributed by atoms with Crippen molar-refractivity contribution in [3.63, 3.8) is 0 Å². The fraction of sp³-hybridized carbons (Fsp3) is 0.800. The lowest BCUT2D eigenvalue weighted by Gasteiger charge is -2.19. The lowest BCUT2D eigenvalue weighted by Crippen LogP contribution is -2.41. The summed E-state index contributed by atoms with van der Waals surface area (Å²) in [5, 5.41) is 10.5. The highest BCUT2D eigenvalue weighted by Gasteiger charge is 2.28. The summed E-state index contributed by atoms with van der Waals surface area (Å²) in [6.45, 7) is 5.78. The number of carbonyl (C=O) groups is 2. The summed E-state index contributed by atoms with van der Waals surface area (Å²) >= 11 is 0. The van der Waals surface area contributed by atoms with Crippen molar-refractivity contribution in [2.45, 2.75) is 32.9 Å². The second-order valence-electron chi connectivity index (χ2n) is 4.82. The Balaban J connectivity index is 4.37. The van der Waals surface area contributed by atoms with Crippen molar-refractivity contribution in [2.75, 3.05) is 12.3 Å². The van der Waals surface area contributed by atoms with Gasteiger partial charge in [0, 0.05) is 6.54 Å². The highest BCUT2D eigenvalue weighted by molar-refractivity contribution is 7.92. The van der Waals surface area contributed by atoms with E-state index < -0.39 is 38.1 Å². The van der Waals surface area contributed by atoms with Crippen LogP contribution in [0.25, 0.3) is 0 Å². The Morgan fingerprint density at radius 3 is 2.12 bits per heavy atom. The molecule has 2 N–H and O–H groups in total. The summed E-state index contributed by atoms with van der Waals surface area (Å²) < 4.78 is 22.8. The maximum Gasteiger partial charge on any atom is 0.310 e. The number of nitrogens with one attached hydrogen (secondary N) is 1. The van der Waals surface area contributed by atoms with E-state index >= 15 is 0 Å². The zero-order valence-corrected chi connectivity index (χ0v) is 11.3. The van der Waals surface area contributed by atoms with Crippen LogP contribution in [-0.2, 0) is 19.4 Å². The van der Waals surface area contributed by atoms with Gasteiger partial charge in [-0.2, -0.15) is 0 Å². The molecule has 7 heteroatoms. The van der Waals surface area contributed by atoms with Gasteiger partial charge in [-0.05, 0) is 27.7 Å². The average Bonchev–Trinajstić information content (AvgIpc) is 2.13. The number of carboxylic acid groups (broad SMARTS) is 1. The lowest BCUT2D eigenvalue weighted by atomic mass is 9.94. The normalized spacial score (nSPS) is 12.5. The van der Waals surface area contributed by atoms with Gasteiger partial charge in [0.15, 0.2) is 9.84 Å².